The number of rotatable bonds is 74. The minimum Gasteiger partial charge on any atom is -0.466 e. The summed E-state index contributed by atoms with van der Waals surface area (Å²) in [5, 5.41) is 23.5. The topological polar surface area (TPSA) is 95.9 Å². The summed E-state index contributed by atoms with van der Waals surface area (Å²) in [7, 11) is 0. The average Bonchev–Trinajstić information content (AvgIpc) is 3.49. The molecule has 0 heterocycles. The van der Waals surface area contributed by atoms with E-state index in [2.05, 4.69) is 19.2 Å². The first-order valence-electron chi connectivity index (χ1n) is 38.8. The van der Waals surface area contributed by atoms with E-state index in [1.165, 1.54) is 385 Å². The number of aliphatic hydroxyl groups excluding tert-OH is 2. The first-order valence-corrected chi connectivity index (χ1v) is 38.8. The SMILES string of the molecule is CCCCCCCCCCCCCCCCCCCCCCCCCCC(O)C(CO)NC(=O)CCCCCCCCCCCCCCCCCCCCCCCCCCCCCCCOC(=O)CCCCCCCCCCCCCCC. The molecular formula is C77H153NO5. The highest BCUT2D eigenvalue weighted by atomic mass is 16.5. The van der Waals surface area contributed by atoms with Crippen LogP contribution < -0.4 is 5.32 Å². The van der Waals surface area contributed by atoms with Crippen LogP contribution in [0.5, 0.6) is 0 Å². The van der Waals surface area contributed by atoms with Gasteiger partial charge in [-0.3, -0.25) is 9.59 Å². The van der Waals surface area contributed by atoms with E-state index in [4.69, 9.17) is 4.74 Å². The molecule has 0 aliphatic heterocycles. The Kier molecular flexibility index (Phi) is 72.3. The molecule has 0 spiro atoms. The van der Waals surface area contributed by atoms with Crippen LogP contribution in [0.15, 0.2) is 0 Å². The molecule has 0 aromatic carbocycles. The summed E-state index contributed by atoms with van der Waals surface area (Å²) >= 11 is 0. The zero-order valence-corrected chi connectivity index (χ0v) is 57.0. The highest BCUT2D eigenvalue weighted by Gasteiger charge is 2.20. The van der Waals surface area contributed by atoms with Gasteiger partial charge in [-0.05, 0) is 25.7 Å². The van der Waals surface area contributed by atoms with Crippen molar-refractivity contribution in [1.29, 1.82) is 0 Å². The fraction of sp³-hybridized carbons (Fsp3) is 0.974. The van der Waals surface area contributed by atoms with E-state index in [9.17, 15) is 19.8 Å². The van der Waals surface area contributed by atoms with Crippen LogP contribution in [0.25, 0.3) is 0 Å². The third-order valence-electron chi connectivity index (χ3n) is 18.7. The van der Waals surface area contributed by atoms with Crippen LogP contribution in [0.3, 0.4) is 0 Å². The number of hydrogen-bond acceptors (Lipinski definition) is 5. The van der Waals surface area contributed by atoms with Crippen molar-refractivity contribution in [2.24, 2.45) is 0 Å². The quantitative estimate of drug-likeness (QED) is 0.0417. The Morgan fingerprint density at radius 1 is 0.289 bits per heavy atom. The molecule has 2 atom stereocenters. The van der Waals surface area contributed by atoms with Gasteiger partial charge < -0.3 is 20.3 Å². The van der Waals surface area contributed by atoms with E-state index in [0.717, 1.165) is 38.5 Å². The number of esters is 1. The maximum Gasteiger partial charge on any atom is 0.305 e. The van der Waals surface area contributed by atoms with Crippen molar-refractivity contribution in [3.05, 3.63) is 0 Å². The summed E-state index contributed by atoms with van der Waals surface area (Å²) in [6, 6.07) is -0.539. The van der Waals surface area contributed by atoms with Crippen molar-refractivity contribution < 1.29 is 24.5 Å². The molecule has 2 unspecified atom stereocenters. The summed E-state index contributed by atoms with van der Waals surface area (Å²) in [5.74, 6) is -0.00237. The Balaban J connectivity index is 3.33. The highest BCUT2D eigenvalue weighted by molar-refractivity contribution is 5.76. The fourth-order valence-electron chi connectivity index (χ4n) is 12.8. The number of carbonyl (C=O) groups is 2. The molecule has 0 aromatic rings. The van der Waals surface area contributed by atoms with E-state index in [0.29, 0.717) is 25.9 Å². The predicted molar refractivity (Wildman–Crippen MR) is 366 cm³/mol. The first-order chi connectivity index (χ1) is 41.0. The number of aliphatic hydroxyl groups is 2. The van der Waals surface area contributed by atoms with Gasteiger partial charge in [-0.1, -0.05) is 418 Å². The van der Waals surface area contributed by atoms with Crippen LogP contribution in [-0.2, 0) is 14.3 Å². The van der Waals surface area contributed by atoms with Crippen molar-refractivity contribution in [1.82, 2.24) is 5.32 Å². The molecule has 0 bridgehead atoms. The number of carbonyl (C=O) groups excluding carboxylic acids is 2. The van der Waals surface area contributed by atoms with Crippen molar-refractivity contribution in [2.45, 2.75) is 469 Å². The van der Waals surface area contributed by atoms with Gasteiger partial charge in [-0.15, -0.1) is 0 Å². The molecule has 0 saturated carbocycles. The molecule has 0 rings (SSSR count). The molecule has 496 valence electrons. The maximum atomic E-state index is 12.6. The lowest BCUT2D eigenvalue weighted by atomic mass is 10.0. The van der Waals surface area contributed by atoms with Crippen molar-refractivity contribution in [3.8, 4) is 0 Å². The largest absolute Gasteiger partial charge is 0.466 e. The van der Waals surface area contributed by atoms with Gasteiger partial charge in [0.1, 0.15) is 0 Å². The Bertz CT molecular complexity index is 1210. The van der Waals surface area contributed by atoms with E-state index in [1.54, 1.807) is 0 Å². The Morgan fingerprint density at radius 3 is 0.735 bits per heavy atom. The van der Waals surface area contributed by atoms with Crippen molar-refractivity contribution >= 4 is 11.9 Å². The molecule has 1 amide bonds. The molecule has 6 heteroatoms. The van der Waals surface area contributed by atoms with Crippen molar-refractivity contribution in [2.75, 3.05) is 13.2 Å². The van der Waals surface area contributed by atoms with Gasteiger partial charge in [0.25, 0.3) is 0 Å². The fourth-order valence-corrected chi connectivity index (χ4v) is 12.8. The number of ether oxygens (including phenoxy) is 1. The highest BCUT2D eigenvalue weighted by Crippen LogP contribution is 2.20. The molecule has 0 saturated heterocycles. The minimum atomic E-state index is -0.662. The first kappa shape index (κ1) is 81.9. The Labute approximate surface area is 521 Å². The van der Waals surface area contributed by atoms with Crippen LogP contribution in [0, 0.1) is 0 Å². The number of unbranched alkanes of at least 4 members (excludes halogenated alkanes) is 63. The van der Waals surface area contributed by atoms with Gasteiger partial charge in [0.05, 0.1) is 25.4 Å². The molecular weight excluding hydrogens is 1020 g/mol. The van der Waals surface area contributed by atoms with Gasteiger partial charge in [-0.2, -0.15) is 0 Å². The zero-order chi connectivity index (χ0) is 59.9. The molecule has 3 N–H and O–H groups in total. The number of nitrogens with one attached hydrogen (secondary N) is 1. The van der Waals surface area contributed by atoms with E-state index < -0.39 is 12.1 Å². The molecule has 0 aliphatic rings. The normalized spacial score (nSPS) is 12.4. The second-order valence-electron chi connectivity index (χ2n) is 27.1. The molecule has 0 aliphatic carbocycles. The van der Waals surface area contributed by atoms with Gasteiger partial charge in [0.2, 0.25) is 5.91 Å². The van der Waals surface area contributed by atoms with Gasteiger partial charge >= 0.3 is 5.97 Å². The minimum absolute atomic E-state index is 0.0226. The van der Waals surface area contributed by atoms with Crippen molar-refractivity contribution in [3.63, 3.8) is 0 Å². The van der Waals surface area contributed by atoms with E-state index >= 15 is 0 Å². The molecule has 83 heavy (non-hydrogen) atoms. The molecule has 6 nitrogen and oxygen atoms in total. The molecule has 0 fully saturated rings. The summed E-state index contributed by atoms with van der Waals surface area (Å²) in [6.45, 7) is 5.01. The standard InChI is InChI=1S/C77H153NO5/c1-3-5-7-9-11-13-15-17-18-19-20-21-22-30-33-36-39-42-46-49-53-57-61-65-69-75(80)74(73-79)78-76(81)70-66-62-58-54-50-47-43-40-37-34-31-28-26-24-23-25-27-29-32-35-38-41-44-48-52-56-60-64-68-72-83-77(82)71-67-63-59-55-51-45-16-14-12-10-8-6-4-2/h74-75,79-80H,3-73H2,1-2H3,(H,78,81). The lowest BCUT2D eigenvalue weighted by Crippen LogP contribution is -2.45. The van der Waals surface area contributed by atoms with Crippen LogP contribution in [0.2, 0.25) is 0 Å². The Morgan fingerprint density at radius 2 is 0.494 bits per heavy atom. The third-order valence-corrected chi connectivity index (χ3v) is 18.7. The van der Waals surface area contributed by atoms with Gasteiger partial charge in [0.15, 0.2) is 0 Å². The third kappa shape index (κ3) is 69.8. The number of amides is 1. The van der Waals surface area contributed by atoms with E-state index in [-0.39, 0.29) is 18.5 Å². The lowest BCUT2D eigenvalue weighted by Gasteiger charge is -2.22. The zero-order valence-electron chi connectivity index (χ0n) is 57.0. The van der Waals surface area contributed by atoms with Crippen LogP contribution in [0.4, 0.5) is 0 Å². The smallest absolute Gasteiger partial charge is 0.305 e. The second-order valence-corrected chi connectivity index (χ2v) is 27.1. The molecule has 0 aromatic heterocycles. The van der Waals surface area contributed by atoms with Crippen LogP contribution in [0.1, 0.15) is 457 Å². The predicted octanol–water partition coefficient (Wildman–Crippen LogP) is 25.3. The van der Waals surface area contributed by atoms with Gasteiger partial charge in [0, 0.05) is 12.8 Å². The van der Waals surface area contributed by atoms with Crippen LogP contribution in [-0.4, -0.2) is 47.4 Å². The van der Waals surface area contributed by atoms with E-state index in [1.807, 2.05) is 0 Å². The summed E-state index contributed by atoms with van der Waals surface area (Å²) in [5.41, 5.74) is 0. The summed E-state index contributed by atoms with van der Waals surface area (Å²) in [4.78, 5) is 24.6. The Hall–Kier alpha value is -1.14. The maximum absolute atomic E-state index is 12.6. The second kappa shape index (κ2) is 73.3. The summed E-state index contributed by atoms with van der Waals surface area (Å²) < 4.78 is 5.50. The van der Waals surface area contributed by atoms with Gasteiger partial charge in [-0.25, -0.2) is 0 Å². The average molecular weight is 1170 g/mol. The van der Waals surface area contributed by atoms with Crippen LogP contribution >= 0.6 is 0 Å². The summed E-state index contributed by atoms with van der Waals surface area (Å²) in [6.07, 6.45) is 90.4. The lowest BCUT2D eigenvalue weighted by molar-refractivity contribution is -0.143. The monoisotopic (exact) mass is 1170 g/mol. The molecule has 0 radical (unpaired) electrons. The number of hydrogen-bond donors (Lipinski definition) is 3.